The average molecular weight is 607 g/mol. The highest BCUT2D eigenvalue weighted by atomic mass is 35.5. The number of carbonyl (C=O) groups excluding carboxylic acids is 2. The lowest BCUT2D eigenvalue weighted by Crippen LogP contribution is -2.40. The zero-order valence-electron chi connectivity index (χ0n) is 21.0. The van der Waals surface area contributed by atoms with Crippen LogP contribution in [0.5, 0.6) is 0 Å². The Morgan fingerprint density at radius 1 is 1.05 bits per heavy atom. The third-order valence-electron chi connectivity index (χ3n) is 6.86. The molecule has 2 aromatic rings. The molecular weight excluding hydrogens is 573 g/mol. The van der Waals surface area contributed by atoms with Crippen LogP contribution in [0.4, 0.5) is 0 Å². The predicted octanol–water partition coefficient (Wildman–Crippen LogP) is 4.63. The third-order valence-corrected chi connectivity index (χ3v) is 8.92. The molecule has 0 radical (unpaired) electrons. The second-order valence-corrected chi connectivity index (χ2v) is 12.2. The van der Waals surface area contributed by atoms with Crippen molar-refractivity contribution in [2.24, 2.45) is 11.8 Å². The molecule has 1 aliphatic carbocycles. The molecule has 1 heterocycles. The lowest BCUT2D eigenvalue weighted by Gasteiger charge is -2.23. The van der Waals surface area contributed by atoms with Crippen LogP contribution in [0.1, 0.15) is 52.2 Å². The molecule has 0 spiro atoms. The van der Waals surface area contributed by atoms with Gasteiger partial charge in [-0.25, -0.2) is 4.79 Å². The summed E-state index contributed by atoms with van der Waals surface area (Å²) in [6.07, 6.45) is 4.22. The van der Waals surface area contributed by atoms with Crippen molar-refractivity contribution < 1.29 is 29.6 Å². The monoisotopic (exact) mass is 605 g/mol. The fourth-order valence-electron chi connectivity index (χ4n) is 4.91. The minimum Gasteiger partial charge on any atom is -0.461 e. The number of halogens is 3. The molecule has 0 aliphatic heterocycles. The van der Waals surface area contributed by atoms with E-state index in [1.165, 1.54) is 11.3 Å². The van der Waals surface area contributed by atoms with E-state index in [9.17, 15) is 14.7 Å². The standard InChI is InChI=1S/C27H34Cl3NO6S/c28-17-10-16(11-18(29)12-17)4-6-22-21(23(30)13-24(22)34)3-1-2-20-5-7-25(38-20)27(36)37-9-8-26(35)31-19(14-32)15-33/h5,7,10-12,19,21-24,32-34H,1-4,6,8-9,13-15H2,(H,31,35). The van der Waals surface area contributed by atoms with Crippen molar-refractivity contribution >= 4 is 58.0 Å². The van der Waals surface area contributed by atoms with Crippen LogP contribution in [0.3, 0.4) is 0 Å². The molecule has 1 aromatic heterocycles. The largest absolute Gasteiger partial charge is 0.461 e. The first-order chi connectivity index (χ1) is 18.2. The van der Waals surface area contributed by atoms with Gasteiger partial charge in [-0.3, -0.25) is 4.79 Å². The van der Waals surface area contributed by atoms with Gasteiger partial charge in [-0.1, -0.05) is 23.2 Å². The maximum absolute atomic E-state index is 12.3. The van der Waals surface area contributed by atoms with Gasteiger partial charge in [-0.05, 0) is 86.3 Å². The Hall–Kier alpha value is -1.39. The van der Waals surface area contributed by atoms with E-state index in [-0.39, 0.29) is 43.5 Å². The number of thiophene rings is 1. The topological polar surface area (TPSA) is 116 Å². The minimum absolute atomic E-state index is 0.0567. The quantitative estimate of drug-likeness (QED) is 0.184. The Labute approximate surface area is 242 Å². The van der Waals surface area contributed by atoms with Gasteiger partial charge in [0, 0.05) is 20.3 Å². The summed E-state index contributed by atoms with van der Waals surface area (Å²) in [5.41, 5.74) is 1.05. The number of hydrogen-bond acceptors (Lipinski definition) is 7. The number of benzene rings is 1. The number of rotatable bonds is 14. The highest BCUT2D eigenvalue weighted by molar-refractivity contribution is 7.13. The minimum atomic E-state index is -0.725. The summed E-state index contributed by atoms with van der Waals surface area (Å²) in [5, 5.41) is 32.2. The van der Waals surface area contributed by atoms with Crippen molar-refractivity contribution in [2.45, 2.75) is 62.5 Å². The van der Waals surface area contributed by atoms with Crippen molar-refractivity contribution in [1.29, 1.82) is 0 Å². The molecule has 1 aromatic carbocycles. The summed E-state index contributed by atoms with van der Waals surface area (Å²) < 4.78 is 5.19. The number of carbonyl (C=O) groups is 2. The molecule has 4 unspecified atom stereocenters. The molecule has 1 aliphatic rings. The molecule has 7 nitrogen and oxygen atoms in total. The lowest BCUT2D eigenvalue weighted by atomic mass is 9.85. The highest BCUT2D eigenvalue weighted by Gasteiger charge is 2.40. The smallest absolute Gasteiger partial charge is 0.348 e. The zero-order valence-corrected chi connectivity index (χ0v) is 24.0. The van der Waals surface area contributed by atoms with E-state index in [2.05, 4.69) is 5.32 Å². The predicted molar refractivity (Wildman–Crippen MR) is 150 cm³/mol. The van der Waals surface area contributed by atoms with Crippen LogP contribution < -0.4 is 5.32 Å². The van der Waals surface area contributed by atoms with Gasteiger partial charge in [0.2, 0.25) is 5.91 Å². The SMILES string of the molecule is O=C(CCOC(=O)c1ccc(CCCC2C(Cl)CC(O)C2CCc2cc(Cl)cc(Cl)c2)s1)NC(CO)CO. The number of aliphatic hydroxyl groups is 3. The van der Waals surface area contributed by atoms with E-state index < -0.39 is 24.0 Å². The number of ether oxygens (including phenoxy) is 1. The maximum Gasteiger partial charge on any atom is 0.348 e. The van der Waals surface area contributed by atoms with Gasteiger partial charge in [0.1, 0.15) is 11.5 Å². The van der Waals surface area contributed by atoms with Gasteiger partial charge in [0.25, 0.3) is 0 Å². The molecule has 1 amide bonds. The number of esters is 1. The summed E-state index contributed by atoms with van der Waals surface area (Å²) in [6.45, 7) is -0.830. The first-order valence-corrected chi connectivity index (χ1v) is 14.7. The van der Waals surface area contributed by atoms with Crippen LogP contribution in [-0.2, 0) is 22.4 Å². The summed E-state index contributed by atoms with van der Waals surface area (Å²) in [5.74, 6) is -0.600. The maximum atomic E-state index is 12.3. The average Bonchev–Trinajstić information content (AvgIpc) is 3.44. The Morgan fingerprint density at radius 2 is 1.76 bits per heavy atom. The number of amides is 1. The number of hydrogen-bond donors (Lipinski definition) is 4. The molecule has 4 N–H and O–H groups in total. The first-order valence-electron chi connectivity index (χ1n) is 12.7. The van der Waals surface area contributed by atoms with Crippen molar-refractivity contribution in [1.82, 2.24) is 5.32 Å². The van der Waals surface area contributed by atoms with Gasteiger partial charge >= 0.3 is 5.97 Å². The normalized spacial score (nSPS) is 21.1. The molecule has 1 saturated carbocycles. The van der Waals surface area contributed by atoms with E-state index >= 15 is 0 Å². The van der Waals surface area contributed by atoms with Crippen molar-refractivity contribution in [3.63, 3.8) is 0 Å². The fraction of sp³-hybridized carbons (Fsp3) is 0.556. The number of alkyl halides is 1. The molecule has 3 rings (SSSR count). The molecule has 4 atom stereocenters. The Balaban J connectivity index is 1.43. The van der Waals surface area contributed by atoms with Crippen LogP contribution in [0.25, 0.3) is 0 Å². The van der Waals surface area contributed by atoms with E-state index in [0.717, 1.165) is 42.5 Å². The summed E-state index contributed by atoms with van der Waals surface area (Å²) in [6, 6.07) is 8.41. The van der Waals surface area contributed by atoms with Crippen LogP contribution in [0.2, 0.25) is 10.0 Å². The van der Waals surface area contributed by atoms with Crippen molar-refractivity contribution in [3.8, 4) is 0 Å². The molecule has 210 valence electrons. The first kappa shape index (κ1) is 31.1. The van der Waals surface area contributed by atoms with Gasteiger partial charge in [-0.2, -0.15) is 0 Å². The molecule has 0 bridgehead atoms. The summed E-state index contributed by atoms with van der Waals surface area (Å²) in [4.78, 5) is 25.6. The zero-order chi connectivity index (χ0) is 27.7. The van der Waals surface area contributed by atoms with Crippen LogP contribution >= 0.6 is 46.1 Å². The van der Waals surface area contributed by atoms with Crippen LogP contribution in [-0.4, -0.2) is 64.5 Å². The number of aryl methyl sites for hydroxylation is 2. The molecule has 1 fully saturated rings. The van der Waals surface area contributed by atoms with E-state index in [4.69, 9.17) is 49.8 Å². The number of nitrogens with one attached hydrogen (secondary N) is 1. The fourth-order valence-corrected chi connectivity index (χ4v) is 6.92. The Bertz CT molecular complexity index is 1040. The molecular formula is C27H34Cl3NO6S. The van der Waals surface area contributed by atoms with Gasteiger partial charge in [0.15, 0.2) is 0 Å². The van der Waals surface area contributed by atoms with Gasteiger partial charge < -0.3 is 25.4 Å². The van der Waals surface area contributed by atoms with E-state index in [0.29, 0.717) is 21.3 Å². The third kappa shape index (κ3) is 9.37. The van der Waals surface area contributed by atoms with E-state index in [1.54, 1.807) is 12.1 Å². The van der Waals surface area contributed by atoms with Gasteiger partial charge in [0.05, 0.1) is 31.8 Å². The van der Waals surface area contributed by atoms with Crippen LogP contribution in [0, 0.1) is 11.8 Å². The lowest BCUT2D eigenvalue weighted by molar-refractivity contribution is -0.123. The van der Waals surface area contributed by atoms with E-state index in [1.807, 2.05) is 18.2 Å². The van der Waals surface area contributed by atoms with Crippen molar-refractivity contribution in [3.05, 3.63) is 55.7 Å². The van der Waals surface area contributed by atoms with Crippen LogP contribution in [0.15, 0.2) is 30.3 Å². The highest BCUT2D eigenvalue weighted by Crippen LogP contribution is 2.42. The van der Waals surface area contributed by atoms with Crippen molar-refractivity contribution in [2.75, 3.05) is 19.8 Å². The molecule has 11 heteroatoms. The molecule has 38 heavy (non-hydrogen) atoms. The Morgan fingerprint density at radius 3 is 2.45 bits per heavy atom. The van der Waals surface area contributed by atoms with Gasteiger partial charge in [-0.15, -0.1) is 22.9 Å². The molecule has 0 saturated heterocycles. The second kappa shape index (κ2) is 15.4. The summed E-state index contributed by atoms with van der Waals surface area (Å²) in [7, 11) is 0. The Kier molecular flexibility index (Phi) is 12.6. The number of aliphatic hydroxyl groups excluding tert-OH is 3. The summed E-state index contributed by atoms with van der Waals surface area (Å²) >= 11 is 20.2. The second-order valence-electron chi connectivity index (χ2n) is 9.64.